The van der Waals surface area contributed by atoms with Crippen LogP contribution in [0.15, 0.2) is 95.3 Å². The number of halogens is 1. The van der Waals surface area contributed by atoms with Crippen LogP contribution in [-0.2, 0) is 0 Å². The monoisotopic (exact) mass is 446 g/mol. The van der Waals surface area contributed by atoms with Crippen LogP contribution in [-0.4, -0.2) is 32.4 Å². The molecule has 0 unspecified atom stereocenters. The van der Waals surface area contributed by atoms with E-state index in [9.17, 15) is 4.79 Å². The van der Waals surface area contributed by atoms with E-state index < -0.39 is 0 Å². The van der Waals surface area contributed by atoms with E-state index in [1.807, 2.05) is 30.5 Å². The molecule has 0 saturated carbocycles. The number of nitrogens with zero attached hydrogens (tertiary/aromatic N) is 5. The van der Waals surface area contributed by atoms with Gasteiger partial charge in [0, 0.05) is 35.7 Å². The summed E-state index contributed by atoms with van der Waals surface area (Å²) in [6, 6.07) is 15.8. The third-order valence-corrected chi connectivity index (χ3v) is 4.78. The molecule has 2 N–H and O–H groups in total. The van der Waals surface area contributed by atoms with Gasteiger partial charge in [-0.25, -0.2) is 14.4 Å². The van der Waals surface area contributed by atoms with Gasteiger partial charge >= 0.3 is 0 Å². The molecule has 2 aromatic heterocycles. The number of hydrogen-bond donors (Lipinski definition) is 1. The molecule has 0 amide bonds. The van der Waals surface area contributed by atoms with Crippen molar-refractivity contribution in [2.45, 2.75) is 0 Å². The molecule has 0 radical (unpaired) electrons. The van der Waals surface area contributed by atoms with Crippen molar-refractivity contribution in [2.75, 3.05) is 7.11 Å². The van der Waals surface area contributed by atoms with Crippen molar-refractivity contribution in [2.24, 2.45) is 10.7 Å². The van der Waals surface area contributed by atoms with Crippen molar-refractivity contribution in [3.8, 4) is 17.1 Å². The second kappa shape index (κ2) is 9.32. The summed E-state index contributed by atoms with van der Waals surface area (Å²) in [5.41, 5.74) is 7.79. The lowest BCUT2D eigenvalue weighted by Gasteiger charge is -2.13. The fraction of sp³-hybridized carbons (Fsp3) is 0.0435. The Kier molecular flexibility index (Phi) is 6.14. The summed E-state index contributed by atoms with van der Waals surface area (Å²) >= 11 is 6.06. The second-order valence-electron chi connectivity index (χ2n) is 6.62. The van der Waals surface area contributed by atoms with Gasteiger partial charge in [0.2, 0.25) is 5.43 Å². The lowest BCUT2D eigenvalue weighted by Crippen LogP contribution is -2.20. The summed E-state index contributed by atoms with van der Waals surface area (Å²) in [7, 11) is 1.57. The third kappa shape index (κ3) is 4.45. The summed E-state index contributed by atoms with van der Waals surface area (Å²) in [5.74, 6) is 0.558. The van der Waals surface area contributed by atoms with Crippen molar-refractivity contribution in [1.29, 1.82) is 0 Å². The average Bonchev–Trinajstić information content (AvgIpc) is 3.34. The second-order valence-corrected chi connectivity index (χ2v) is 7.05. The van der Waals surface area contributed by atoms with Gasteiger partial charge in [-0.15, -0.1) is 0 Å². The normalized spacial score (nSPS) is 11.8. The molecule has 2 heterocycles. The van der Waals surface area contributed by atoms with E-state index in [1.54, 1.807) is 53.1 Å². The number of nitrogens with two attached hydrogens (primary N) is 1. The van der Waals surface area contributed by atoms with Gasteiger partial charge in [-0.3, -0.25) is 4.79 Å². The molecular formula is C23H19ClN6O2. The van der Waals surface area contributed by atoms with Crippen molar-refractivity contribution < 1.29 is 4.74 Å². The predicted molar refractivity (Wildman–Crippen MR) is 124 cm³/mol. The van der Waals surface area contributed by atoms with E-state index >= 15 is 0 Å². The molecule has 0 aliphatic heterocycles. The van der Waals surface area contributed by atoms with Gasteiger partial charge in [0.25, 0.3) is 0 Å². The number of aromatic nitrogens is 4. The highest BCUT2D eigenvalue weighted by Crippen LogP contribution is 2.25. The fourth-order valence-electron chi connectivity index (χ4n) is 3.08. The van der Waals surface area contributed by atoms with Gasteiger partial charge in [-0.05, 0) is 48.7 Å². The SMILES string of the molecule is COc1cc(-n2cccn2)ccc1-n1ccc(=O)c(C(C=CN)=Nc2cccc(Cl)c2)n1. The highest BCUT2D eigenvalue weighted by molar-refractivity contribution is 6.30. The first-order chi connectivity index (χ1) is 15.6. The Labute approximate surface area is 188 Å². The lowest BCUT2D eigenvalue weighted by atomic mass is 10.2. The largest absolute Gasteiger partial charge is 0.494 e. The first kappa shape index (κ1) is 21.1. The Bertz CT molecular complexity index is 1360. The van der Waals surface area contributed by atoms with Gasteiger partial charge in [-0.2, -0.15) is 10.2 Å². The lowest BCUT2D eigenvalue weighted by molar-refractivity contribution is 0.411. The molecule has 0 saturated heterocycles. The van der Waals surface area contributed by atoms with Crippen LogP contribution in [0.3, 0.4) is 0 Å². The van der Waals surface area contributed by atoms with Gasteiger partial charge in [0.1, 0.15) is 11.4 Å². The van der Waals surface area contributed by atoms with Crippen LogP contribution in [0.4, 0.5) is 5.69 Å². The van der Waals surface area contributed by atoms with Crippen LogP contribution in [0.2, 0.25) is 5.02 Å². The molecule has 2 aromatic carbocycles. The van der Waals surface area contributed by atoms with E-state index in [-0.39, 0.29) is 11.1 Å². The molecule has 9 heteroatoms. The minimum Gasteiger partial charge on any atom is -0.494 e. The number of allylic oxidation sites excluding steroid dienone is 1. The maximum atomic E-state index is 12.6. The minimum atomic E-state index is -0.299. The summed E-state index contributed by atoms with van der Waals surface area (Å²) in [6.45, 7) is 0. The molecule has 32 heavy (non-hydrogen) atoms. The average molecular weight is 447 g/mol. The van der Waals surface area contributed by atoms with Crippen molar-refractivity contribution in [3.63, 3.8) is 0 Å². The topological polar surface area (TPSA) is 100 Å². The van der Waals surface area contributed by atoms with Crippen LogP contribution in [0, 0.1) is 0 Å². The van der Waals surface area contributed by atoms with E-state index in [2.05, 4.69) is 15.2 Å². The predicted octanol–water partition coefficient (Wildman–Crippen LogP) is 3.67. The molecule has 0 bridgehead atoms. The molecule has 0 fully saturated rings. The Balaban J connectivity index is 1.81. The molecule has 160 valence electrons. The summed E-state index contributed by atoms with van der Waals surface area (Å²) in [6.07, 6.45) is 7.93. The Morgan fingerprint density at radius 3 is 2.72 bits per heavy atom. The number of ether oxygens (including phenoxy) is 1. The molecule has 4 rings (SSSR count). The van der Waals surface area contributed by atoms with Gasteiger partial charge in [-0.1, -0.05) is 17.7 Å². The highest BCUT2D eigenvalue weighted by atomic mass is 35.5. The number of aliphatic imine (C=N–C) groups is 1. The van der Waals surface area contributed by atoms with Crippen LogP contribution in [0.1, 0.15) is 5.69 Å². The fourth-order valence-corrected chi connectivity index (χ4v) is 3.27. The molecule has 0 aliphatic carbocycles. The number of methoxy groups -OCH3 is 1. The number of benzene rings is 2. The highest BCUT2D eigenvalue weighted by Gasteiger charge is 2.13. The Morgan fingerprint density at radius 1 is 1.12 bits per heavy atom. The van der Waals surface area contributed by atoms with Crippen LogP contribution in [0.25, 0.3) is 11.4 Å². The van der Waals surface area contributed by atoms with Crippen LogP contribution >= 0.6 is 11.6 Å². The van der Waals surface area contributed by atoms with Crippen LogP contribution in [0.5, 0.6) is 5.75 Å². The van der Waals surface area contributed by atoms with Crippen molar-refractivity contribution >= 4 is 23.0 Å². The van der Waals surface area contributed by atoms with Gasteiger partial charge in [0.15, 0.2) is 5.69 Å². The quantitative estimate of drug-likeness (QED) is 0.455. The van der Waals surface area contributed by atoms with E-state index in [1.165, 1.54) is 18.3 Å². The van der Waals surface area contributed by atoms with Crippen LogP contribution < -0.4 is 15.9 Å². The zero-order valence-corrected chi connectivity index (χ0v) is 17.8. The third-order valence-electron chi connectivity index (χ3n) is 4.54. The number of hydrogen-bond acceptors (Lipinski definition) is 6. The smallest absolute Gasteiger partial charge is 0.209 e. The molecule has 0 spiro atoms. The van der Waals surface area contributed by atoms with E-state index in [0.717, 1.165) is 5.69 Å². The maximum absolute atomic E-state index is 12.6. The van der Waals surface area contributed by atoms with Crippen molar-refractivity contribution in [3.05, 3.63) is 106 Å². The minimum absolute atomic E-state index is 0.132. The first-order valence-corrected chi connectivity index (χ1v) is 9.98. The number of rotatable bonds is 6. The molecule has 0 aliphatic rings. The zero-order valence-electron chi connectivity index (χ0n) is 17.1. The summed E-state index contributed by atoms with van der Waals surface area (Å²) in [4.78, 5) is 17.2. The molecular weight excluding hydrogens is 428 g/mol. The summed E-state index contributed by atoms with van der Waals surface area (Å²) < 4.78 is 8.84. The Hall–Kier alpha value is -4.17. The molecule has 0 atom stereocenters. The molecule has 8 nitrogen and oxygen atoms in total. The summed E-state index contributed by atoms with van der Waals surface area (Å²) in [5, 5.41) is 9.28. The standard InChI is InChI=1S/C23H19ClN6O2/c1-32-22-15-18(29-12-3-11-26-29)6-7-20(22)30-13-9-21(31)23(28-30)19(8-10-25)27-17-5-2-4-16(24)14-17/h2-15H,25H2,1H3. The zero-order chi connectivity index (χ0) is 22.5. The van der Waals surface area contributed by atoms with E-state index in [4.69, 9.17) is 22.1 Å². The van der Waals surface area contributed by atoms with E-state index in [0.29, 0.717) is 27.9 Å². The van der Waals surface area contributed by atoms with Crippen molar-refractivity contribution in [1.82, 2.24) is 19.6 Å². The van der Waals surface area contributed by atoms with Gasteiger partial charge < -0.3 is 10.5 Å². The maximum Gasteiger partial charge on any atom is 0.209 e. The first-order valence-electron chi connectivity index (χ1n) is 9.60. The van der Waals surface area contributed by atoms with Gasteiger partial charge in [0.05, 0.1) is 24.2 Å². The molecule has 4 aromatic rings. The Morgan fingerprint density at radius 2 is 2.00 bits per heavy atom.